The van der Waals surface area contributed by atoms with Crippen molar-refractivity contribution in [3.8, 4) is 5.75 Å². The largest absolute Gasteiger partial charge is 0.496 e. The molecule has 7 heteroatoms. The molecule has 0 aliphatic heterocycles. The van der Waals surface area contributed by atoms with E-state index in [0.717, 1.165) is 5.56 Å². The molecule has 1 amide bonds. The number of ketones is 1. The highest BCUT2D eigenvalue weighted by molar-refractivity contribution is 7.99. The van der Waals surface area contributed by atoms with E-state index in [1.54, 1.807) is 49.6 Å². The molecule has 2 rings (SSSR count). The lowest BCUT2D eigenvalue weighted by molar-refractivity contribution is -0.144. The Morgan fingerprint density at radius 2 is 1.81 bits per heavy atom. The Morgan fingerprint density at radius 1 is 1.07 bits per heavy atom. The van der Waals surface area contributed by atoms with E-state index in [1.807, 2.05) is 6.07 Å². The van der Waals surface area contributed by atoms with Crippen molar-refractivity contribution in [3.05, 3.63) is 59.7 Å². The van der Waals surface area contributed by atoms with Gasteiger partial charge >= 0.3 is 5.97 Å². The number of esters is 1. The number of carbonyl (C=O) groups excluding carboxylic acids is 3. The highest BCUT2D eigenvalue weighted by Gasteiger charge is 2.11. The average Bonchev–Trinajstić information content (AvgIpc) is 2.67. The zero-order valence-electron chi connectivity index (χ0n) is 15.2. The van der Waals surface area contributed by atoms with Crippen LogP contribution in [0.4, 0.5) is 5.69 Å². The molecule has 0 heterocycles. The fourth-order valence-corrected chi connectivity index (χ4v) is 3.06. The minimum Gasteiger partial charge on any atom is -0.496 e. The van der Waals surface area contributed by atoms with Crippen LogP contribution < -0.4 is 10.1 Å². The van der Waals surface area contributed by atoms with Crippen LogP contribution >= 0.6 is 11.8 Å². The Labute approximate surface area is 162 Å². The summed E-state index contributed by atoms with van der Waals surface area (Å²) in [6.45, 7) is 1.16. The molecular weight excluding hydrogens is 366 g/mol. The molecule has 1 N–H and O–H groups in total. The Morgan fingerprint density at radius 3 is 2.48 bits per heavy atom. The number of para-hydroxylation sites is 1. The van der Waals surface area contributed by atoms with Gasteiger partial charge in [-0.25, -0.2) is 0 Å². The summed E-state index contributed by atoms with van der Waals surface area (Å²) in [6.07, 6.45) is 0. The predicted molar refractivity (Wildman–Crippen MR) is 105 cm³/mol. The lowest BCUT2D eigenvalue weighted by Gasteiger charge is -2.10. The zero-order chi connectivity index (χ0) is 19.6. The fraction of sp³-hybridized carbons (Fsp3) is 0.250. The van der Waals surface area contributed by atoms with Crippen molar-refractivity contribution in [2.45, 2.75) is 12.7 Å². The molecule has 0 atom stereocenters. The molecule has 0 saturated heterocycles. The van der Waals surface area contributed by atoms with Crippen LogP contribution in [0.3, 0.4) is 0 Å². The van der Waals surface area contributed by atoms with E-state index in [0.29, 0.717) is 22.8 Å². The second kappa shape index (κ2) is 10.4. The Hall–Kier alpha value is -2.80. The summed E-state index contributed by atoms with van der Waals surface area (Å²) in [5.74, 6) is 0.318. The van der Waals surface area contributed by atoms with Gasteiger partial charge in [0, 0.05) is 22.6 Å². The number of nitrogens with one attached hydrogen (secondary N) is 1. The summed E-state index contributed by atoms with van der Waals surface area (Å²) in [5.41, 5.74) is 2.06. The van der Waals surface area contributed by atoms with Crippen molar-refractivity contribution >= 4 is 35.1 Å². The van der Waals surface area contributed by atoms with Gasteiger partial charge in [-0.05, 0) is 37.3 Å². The van der Waals surface area contributed by atoms with E-state index in [9.17, 15) is 14.4 Å². The maximum atomic E-state index is 11.8. The highest BCUT2D eigenvalue weighted by Crippen LogP contribution is 2.25. The third kappa shape index (κ3) is 6.79. The minimum atomic E-state index is -0.482. The average molecular weight is 387 g/mol. The van der Waals surface area contributed by atoms with Gasteiger partial charge in [0.05, 0.1) is 12.9 Å². The highest BCUT2D eigenvalue weighted by atomic mass is 32.2. The van der Waals surface area contributed by atoms with Gasteiger partial charge in [0.1, 0.15) is 5.75 Å². The van der Waals surface area contributed by atoms with Crippen molar-refractivity contribution in [3.63, 3.8) is 0 Å². The van der Waals surface area contributed by atoms with E-state index in [2.05, 4.69) is 5.32 Å². The van der Waals surface area contributed by atoms with Gasteiger partial charge < -0.3 is 14.8 Å². The quantitative estimate of drug-likeness (QED) is 0.525. The number of hydrogen-bond donors (Lipinski definition) is 1. The number of hydrogen-bond acceptors (Lipinski definition) is 6. The van der Waals surface area contributed by atoms with Crippen molar-refractivity contribution in [2.75, 3.05) is 24.8 Å². The van der Waals surface area contributed by atoms with Crippen molar-refractivity contribution in [2.24, 2.45) is 0 Å². The van der Waals surface area contributed by atoms with Crippen LogP contribution in [0.1, 0.15) is 22.8 Å². The predicted octanol–water partition coefficient (Wildman–Crippen LogP) is 3.31. The Bertz CT molecular complexity index is 807. The normalized spacial score (nSPS) is 10.1. The number of anilines is 1. The first kappa shape index (κ1) is 20.5. The molecule has 2 aromatic carbocycles. The first-order valence-corrected chi connectivity index (χ1v) is 9.41. The lowest BCUT2D eigenvalue weighted by Crippen LogP contribution is -2.21. The molecule has 2 aromatic rings. The van der Waals surface area contributed by atoms with E-state index >= 15 is 0 Å². The number of methoxy groups -OCH3 is 1. The molecule has 0 bridgehead atoms. The van der Waals surface area contributed by atoms with Crippen LogP contribution in [0.25, 0.3) is 0 Å². The van der Waals surface area contributed by atoms with E-state index in [-0.39, 0.29) is 18.1 Å². The lowest BCUT2D eigenvalue weighted by atomic mass is 10.1. The summed E-state index contributed by atoms with van der Waals surface area (Å²) in [5, 5.41) is 2.64. The van der Waals surface area contributed by atoms with Crippen molar-refractivity contribution in [1.82, 2.24) is 0 Å². The third-order valence-corrected chi connectivity index (χ3v) is 4.54. The van der Waals surface area contributed by atoms with Crippen LogP contribution in [0.15, 0.2) is 48.5 Å². The van der Waals surface area contributed by atoms with Gasteiger partial charge in [-0.3, -0.25) is 14.4 Å². The van der Waals surface area contributed by atoms with E-state index in [1.165, 1.54) is 18.7 Å². The van der Waals surface area contributed by atoms with Gasteiger partial charge in [0.25, 0.3) is 5.91 Å². The molecule has 0 saturated carbocycles. The summed E-state index contributed by atoms with van der Waals surface area (Å²) < 4.78 is 10.3. The zero-order valence-corrected chi connectivity index (χ0v) is 16.0. The number of carbonyl (C=O) groups is 3. The number of benzene rings is 2. The maximum Gasteiger partial charge on any atom is 0.316 e. The van der Waals surface area contributed by atoms with Crippen LogP contribution in [-0.4, -0.2) is 37.1 Å². The monoisotopic (exact) mass is 387 g/mol. The van der Waals surface area contributed by atoms with Gasteiger partial charge in [-0.15, -0.1) is 11.8 Å². The Kier molecular flexibility index (Phi) is 7.88. The van der Waals surface area contributed by atoms with Crippen molar-refractivity contribution < 1.29 is 23.9 Å². The second-order valence-electron chi connectivity index (χ2n) is 5.65. The van der Waals surface area contributed by atoms with Crippen molar-refractivity contribution in [1.29, 1.82) is 0 Å². The van der Waals surface area contributed by atoms with Crippen LogP contribution in [0.2, 0.25) is 0 Å². The molecule has 0 aromatic heterocycles. The molecular formula is C20H21NO5S. The first-order chi connectivity index (χ1) is 13.0. The molecule has 142 valence electrons. The standard InChI is InChI=1S/C20H21NO5S/c1-14(22)15-8-9-18(25-2)16(10-15)12-27-13-20(24)26-11-19(23)21-17-6-4-3-5-7-17/h3-10H,11-13H2,1-2H3,(H,21,23). The minimum absolute atomic E-state index is 0.0345. The van der Waals surface area contributed by atoms with Crippen LogP contribution in [0.5, 0.6) is 5.75 Å². The summed E-state index contributed by atoms with van der Waals surface area (Å²) in [4.78, 5) is 35.1. The topological polar surface area (TPSA) is 81.7 Å². The van der Waals surface area contributed by atoms with Gasteiger partial charge in [-0.1, -0.05) is 18.2 Å². The molecule has 0 spiro atoms. The van der Waals surface area contributed by atoms with Crippen LogP contribution in [0, 0.1) is 0 Å². The van der Waals surface area contributed by atoms with E-state index in [4.69, 9.17) is 9.47 Å². The summed E-state index contributed by atoms with van der Waals surface area (Å²) >= 11 is 1.32. The van der Waals surface area contributed by atoms with Gasteiger partial charge in [0.15, 0.2) is 12.4 Å². The number of amides is 1. The second-order valence-corrected chi connectivity index (χ2v) is 6.64. The maximum absolute atomic E-state index is 11.8. The summed E-state index contributed by atoms with van der Waals surface area (Å²) in [7, 11) is 1.55. The number of thioether (sulfide) groups is 1. The summed E-state index contributed by atoms with van der Waals surface area (Å²) in [6, 6.07) is 14.1. The third-order valence-electron chi connectivity index (χ3n) is 3.59. The molecule has 0 aliphatic carbocycles. The number of rotatable bonds is 9. The SMILES string of the molecule is COc1ccc(C(C)=O)cc1CSCC(=O)OCC(=O)Nc1ccccc1. The molecule has 6 nitrogen and oxygen atoms in total. The Balaban J connectivity index is 1.76. The first-order valence-electron chi connectivity index (χ1n) is 8.25. The molecule has 0 fully saturated rings. The van der Waals surface area contributed by atoms with Crippen LogP contribution in [-0.2, 0) is 20.1 Å². The van der Waals surface area contributed by atoms with Gasteiger partial charge in [0.2, 0.25) is 0 Å². The smallest absolute Gasteiger partial charge is 0.316 e. The number of Topliss-reactive ketones (excluding diaryl/α,β-unsaturated/α-hetero) is 1. The molecule has 0 unspecified atom stereocenters. The fourth-order valence-electron chi connectivity index (χ4n) is 2.26. The number of ether oxygens (including phenoxy) is 2. The van der Waals surface area contributed by atoms with E-state index < -0.39 is 11.9 Å². The molecule has 27 heavy (non-hydrogen) atoms. The molecule has 0 radical (unpaired) electrons. The van der Waals surface area contributed by atoms with Gasteiger partial charge in [-0.2, -0.15) is 0 Å². The molecule has 0 aliphatic rings.